The molecule has 176 valence electrons. The van der Waals surface area contributed by atoms with Gasteiger partial charge < -0.3 is 9.80 Å². The van der Waals surface area contributed by atoms with Crippen LogP contribution in [0.25, 0.3) is 0 Å². The van der Waals surface area contributed by atoms with E-state index >= 15 is 0 Å². The number of likely N-dealkylation sites (tertiary alicyclic amines) is 1. The van der Waals surface area contributed by atoms with Gasteiger partial charge in [0.15, 0.2) is 0 Å². The first-order valence-electron chi connectivity index (χ1n) is 10.6. The largest absolute Gasteiger partial charge is 0.416 e. The summed E-state index contributed by atoms with van der Waals surface area (Å²) in [7, 11) is 0. The molecular formula is C25H21F4N3O2. The zero-order valence-electron chi connectivity index (χ0n) is 18.0. The SMILES string of the molecule is O=C1CC(C(=O)N(Cc2ccccn2)c2ccc(F)cc2)CN1Cc1cccc(C(F)(F)F)c1. The lowest BCUT2D eigenvalue weighted by molar-refractivity contribution is -0.137. The van der Waals surface area contributed by atoms with Crippen LogP contribution in [0.15, 0.2) is 72.9 Å². The molecule has 2 amide bonds. The first-order valence-corrected chi connectivity index (χ1v) is 10.6. The van der Waals surface area contributed by atoms with E-state index in [0.29, 0.717) is 16.9 Å². The van der Waals surface area contributed by atoms with Crippen molar-refractivity contribution in [3.63, 3.8) is 0 Å². The minimum Gasteiger partial charge on any atom is -0.338 e. The molecule has 3 aromatic rings. The topological polar surface area (TPSA) is 53.5 Å². The number of hydrogen-bond donors (Lipinski definition) is 0. The van der Waals surface area contributed by atoms with Crippen LogP contribution in [-0.2, 0) is 28.9 Å². The van der Waals surface area contributed by atoms with Crippen LogP contribution < -0.4 is 4.90 Å². The Morgan fingerprint density at radius 2 is 1.82 bits per heavy atom. The molecule has 0 radical (unpaired) electrons. The van der Waals surface area contributed by atoms with Gasteiger partial charge in [-0.15, -0.1) is 0 Å². The van der Waals surface area contributed by atoms with E-state index in [0.717, 1.165) is 12.1 Å². The van der Waals surface area contributed by atoms with Crippen molar-refractivity contribution in [2.45, 2.75) is 25.7 Å². The summed E-state index contributed by atoms with van der Waals surface area (Å²) < 4.78 is 52.5. The zero-order chi connectivity index (χ0) is 24.3. The molecule has 0 spiro atoms. The van der Waals surface area contributed by atoms with Gasteiger partial charge in [0.1, 0.15) is 5.82 Å². The van der Waals surface area contributed by atoms with E-state index in [1.807, 2.05) is 0 Å². The molecule has 0 bridgehead atoms. The molecular weight excluding hydrogens is 450 g/mol. The first-order chi connectivity index (χ1) is 16.2. The highest BCUT2D eigenvalue weighted by Crippen LogP contribution is 2.31. The van der Waals surface area contributed by atoms with Gasteiger partial charge >= 0.3 is 6.18 Å². The molecule has 0 saturated carbocycles. The number of aromatic nitrogens is 1. The quantitative estimate of drug-likeness (QED) is 0.485. The fraction of sp³-hybridized carbons (Fsp3) is 0.240. The number of pyridine rings is 1. The second kappa shape index (κ2) is 9.62. The third-order valence-corrected chi connectivity index (χ3v) is 5.64. The summed E-state index contributed by atoms with van der Waals surface area (Å²) in [5.74, 6) is -1.78. The van der Waals surface area contributed by atoms with Gasteiger partial charge in [-0.2, -0.15) is 13.2 Å². The molecule has 34 heavy (non-hydrogen) atoms. The molecule has 1 fully saturated rings. The summed E-state index contributed by atoms with van der Waals surface area (Å²) in [6.45, 7) is 0.181. The van der Waals surface area contributed by atoms with Gasteiger partial charge in [-0.3, -0.25) is 14.6 Å². The Balaban J connectivity index is 1.52. The van der Waals surface area contributed by atoms with Crippen LogP contribution in [-0.4, -0.2) is 28.2 Å². The predicted molar refractivity (Wildman–Crippen MR) is 117 cm³/mol. The summed E-state index contributed by atoms with van der Waals surface area (Å²) in [5.41, 5.74) is 0.619. The minimum absolute atomic E-state index is 0.0245. The van der Waals surface area contributed by atoms with E-state index in [9.17, 15) is 27.2 Å². The Hall–Kier alpha value is -3.75. The number of nitrogens with zero attached hydrogens (tertiary/aromatic N) is 3. The van der Waals surface area contributed by atoms with Crippen LogP contribution in [0.3, 0.4) is 0 Å². The zero-order valence-corrected chi connectivity index (χ0v) is 18.0. The van der Waals surface area contributed by atoms with E-state index < -0.39 is 23.5 Å². The standard InChI is InChI=1S/C25H21F4N3O2/c26-20-7-9-22(10-8-20)32(16-21-6-1-2-11-30-21)24(34)18-13-23(33)31(15-18)14-17-4-3-5-19(12-17)25(27,28)29/h1-12,18H,13-16H2. The van der Waals surface area contributed by atoms with Gasteiger partial charge in [-0.05, 0) is 54.1 Å². The van der Waals surface area contributed by atoms with Crippen LogP contribution in [0, 0.1) is 11.7 Å². The molecule has 2 heterocycles. The number of alkyl halides is 3. The van der Waals surface area contributed by atoms with Crippen molar-refractivity contribution in [3.8, 4) is 0 Å². The first kappa shape index (κ1) is 23.4. The van der Waals surface area contributed by atoms with Gasteiger partial charge in [0.2, 0.25) is 11.8 Å². The van der Waals surface area contributed by atoms with Crippen LogP contribution in [0.2, 0.25) is 0 Å². The molecule has 4 rings (SSSR count). The van der Waals surface area contributed by atoms with Gasteiger partial charge in [0.05, 0.1) is 23.7 Å². The van der Waals surface area contributed by atoms with Crippen molar-refractivity contribution in [2.24, 2.45) is 5.92 Å². The maximum absolute atomic E-state index is 13.5. The Morgan fingerprint density at radius 3 is 2.50 bits per heavy atom. The lowest BCUT2D eigenvalue weighted by atomic mass is 10.1. The number of benzene rings is 2. The molecule has 0 N–H and O–H groups in total. The van der Waals surface area contributed by atoms with E-state index in [1.165, 1.54) is 46.2 Å². The fourth-order valence-electron chi connectivity index (χ4n) is 3.95. The average molecular weight is 471 g/mol. The van der Waals surface area contributed by atoms with E-state index in [1.54, 1.807) is 24.4 Å². The third-order valence-electron chi connectivity index (χ3n) is 5.64. The molecule has 9 heteroatoms. The normalized spacial score (nSPS) is 16.1. The van der Waals surface area contributed by atoms with Crippen molar-refractivity contribution in [2.75, 3.05) is 11.4 Å². The number of carbonyl (C=O) groups excluding carboxylic acids is 2. The predicted octanol–water partition coefficient (Wildman–Crippen LogP) is 4.82. The summed E-state index contributed by atoms with van der Waals surface area (Å²) in [4.78, 5) is 33.1. The number of rotatable bonds is 6. The molecule has 1 aliphatic heterocycles. The molecule has 1 saturated heterocycles. The van der Waals surface area contributed by atoms with Crippen LogP contribution in [0.1, 0.15) is 23.2 Å². The van der Waals surface area contributed by atoms with Crippen LogP contribution in [0.4, 0.5) is 23.2 Å². The molecule has 0 aliphatic carbocycles. The maximum atomic E-state index is 13.5. The summed E-state index contributed by atoms with van der Waals surface area (Å²) in [6.07, 6.45) is -2.94. The number of carbonyl (C=O) groups is 2. The third kappa shape index (κ3) is 5.41. The van der Waals surface area contributed by atoms with Crippen LogP contribution in [0.5, 0.6) is 0 Å². The lowest BCUT2D eigenvalue weighted by Crippen LogP contribution is -2.37. The molecule has 1 aliphatic rings. The summed E-state index contributed by atoms with van der Waals surface area (Å²) in [6, 6.07) is 15.5. The molecule has 5 nitrogen and oxygen atoms in total. The second-order valence-electron chi connectivity index (χ2n) is 8.10. The van der Waals surface area contributed by atoms with Crippen molar-refractivity contribution in [3.05, 3.63) is 95.6 Å². The minimum atomic E-state index is -4.48. The van der Waals surface area contributed by atoms with Gasteiger partial charge in [-0.1, -0.05) is 18.2 Å². The van der Waals surface area contributed by atoms with Crippen LogP contribution >= 0.6 is 0 Å². The van der Waals surface area contributed by atoms with Crippen molar-refractivity contribution < 1.29 is 27.2 Å². The highest BCUT2D eigenvalue weighted by Gasteiger charge is 2.37. The molecule has 1 atom stereocenters. The van der Waals surface area contributed by atoms with Gasteiger partial charge in [0.25, 0.3) is 0 Å². The fourth-order valence-corrected chi connectivity index (χ4v) is 3.95. The van der Waals surface area contributed by atoms with Crippen molar-refractivity contribution in [1.82, 2.24) is 9.88 Å². The average Bonchev–Trinajstić information content (AvgIpc) is 3.18. The monoisotopic (exact) mass is 471 g/mol. The van der Waals surface area contributed by atoms with E-state index in [2.05, 4.69) is 4.98 Å². The summed E-state index contributed by atoms with van der Waals surface area (Å²) in [5, 5.41) is 0. The molecule has 1 unspecified atom stereocenters. The maximum Gasteiger partial charge on any atom is 0.416 e. The highest BCUT2D eigenvalue weighted by molar-refractivity contribution is 5.98. The Bertz CT molecular complexity index is 1170. The van der Waals surface area contributed by atoms with Crippen molar-refractivity contribution >= 4 is 17.5 Å². The van der Waals surface area contributed by atoms with Crippen molar-refractivity contribution in [1.29, 1.82) is 0 Å². The number of hydrogen-bond acceptors (Lipinski definition) is 3. The van der Waals surface area contributed by atoms with Gasteiger partial charge in [-0.25, -0.2) is 4.39 Å². The smallest absolute Gasteiger partial charge is 0.338 e. The van der Waals surface area contributed by atoms with E-state index in [4.69, 9.17) is 0 Å². The number of halogens is 4. The molecule has 1 aromatic heterocycles. The lowest BCUT2D eigenvalue weighted by Gasteiger charge is -2.25. The van der Waals surface area contributed by atoms with Gasteiger partial charge in [0, 0.05) is 31.4 Å². The molecule has 2 aromatic carbocycles. The Kier molecular flexibility index (Phi) is 6.63. The second-order valence-corrected chi connectivity index (χ2v) is 8.10. The summed E-state index contributed by atoms with van der Waals surface area (Å²) >= 11 is 0. The number of amides is 2. The Labute approximate surface area is 193 Å². The Morgan fingerprint density at radius 1 is 1.06 bits per heavy atom. The highest BCUT2D eigenvalue weighted by atomic mass is 19.4. The van der Waals surface area contributed by atoms with E-state index in [-0.39, 0.29) is 37.9 Å². The number of anilines is 1.